The first-order valence-electron chi connectivity index (χ1n) is 34.4. The van der Waals surface area contributed by atoms with Gasteiger partial charge in [-0.3, -0.25) is 0 Å². The van der Waals surface area contributed by atoms with Gasteiger partial charge in [-0.25, -0.2) is 0 Å². The van der Waals surface area contributed by atoms with E-state index in [4.69, 9.17) is 38.7 Å². The molecule has 2 aliphatic rings. The normalized spacial score (nSPS) is 22.7. The average molecular weight is 802 g/mol. The van der Waals surface area contributed by atoms with E-state index in [1.807, 2.05) is 0 Å². The lowest BCUT2D eigenvalue weighted by Gasteiger charge is -2.30. The van der Waals surface area contributed by atoms with Crippen LogP contribution in [0.2, 0.25) is 0 Å². The third-order valence-corrected chi connectivity index (χ3v) is 11.1. The van der Waals surface area contributed by atoms with Crippen LogP contribution in [0.1, 0.15) is 93.5 Å². The highest BCUT2D eigenvalue weighted by Crippen LogP contribution is 2.53. The first-order valence-corrected chi connectivity index (χ1v) is 18.4. The Labute approximate surface area is 396 Å². The van der Waals surface area contributed by atoms with Crippen molar-refractivity contribution in [2.75, 3.05) is 4.90 Å². The summed E-state index contributed by atoms with van der Waals surface area (Å²) in [5.41, 5.74) is -15.4. The number of hydrogen-bond acceptors (Lipinski definition) is 2. The quantitative estimate of drug-likeness (QED) is 0.172. The van der Waals surface area contributed by atoms with Gasteiger partial charge in [-0.1, -0.05) is 173 Å². The fourth-order valence-electron chi connectivity index (χ4n) is 8.32. The molecular formula is C58H43NO. The number of para-hydroxylation sites is 2. The number of benzene rings is 9. The first-order chi connectivity index (χ1) is 42.5. The van der Waals surface area contributed by atoms with Crippen molar-refractivity contribution in [2.45, 2.75) is 38.2 Å². The van der Waals surface area contributed by atoms with Gasteiger partial charge in [0.05, 0.1) is 27.4 Å². The molecule has 9 aromatic carbocycles. The second kappa shape index (κ2) is 12.7. The van der Waals surface area contributed by atoms with Crippen molar-refractivity contribution in [3.8, 4) is 44.5 Å². The summed E-state index contributed by atoms with van der Waals surface area (Å²) in [6.45, 7) is -14.8. The zero-order chi connectivity index (χ0) is 67.7. The van der Waals surface area contributed by atoms with Crippen LogP contribution >= 0.6 is 0 Å². The fraction of sp³-hybridized carbons (Fsp3) is 0.103. The standard InChI is InChI=1S/C58H43NO/c1-57(2)50-21-10-7-16-43(50)45-32-29-39(34-52(45)57)59(40-30-33-46-44-17-8-11-22-51(44)58(3,4)53(46)35-40)38-27-24-37(25-28-38)42-31-26-36-14-5-6-15-41(36)55(42)49-20-13-19-48-47-18-9-12-23-54(47)60-56(48)49/h5-35H,1-4H3/i1D3,2D3,3D3,4D3,5D,6D,7D,8D,9D,10D,11D,12D,13D,16D,17D,18D,19D,24D,26D,27D,28D,31D,32D,33D. The van der Waals surface area contributed by atoms with E-state index in [2.05, 4.69) is 0 Å². The molecule has 1 aromatic heterocycles. The molecule has 0 bridgehead atoms. The van der Waals surface area contributed by atoms with Crippen molar-refractivity contribution in [1.29, 1.82) is 0 Å². The average Bonchev–Trinajstić information content (AvgIpc) is 1.50. The number of rotatable bonds is 5. The second-order valence-electron chi connectivity index (χ2n) is 14.4. The monoisotopic (exact) mass is 802 g/mol. The highest BCUT2D eigenvalue weighted by molar-refractivity contribution is 6.14. The molecule has 0 N–H and O–H groups in total. The molecule has 12 rings (SSSR count). The lowest BCUT2D eigenvalue weighted by molar-refractivity contribution is 0.660. The minimum absolute atomic E-state index is 0.113. The van der Waals surface area contributed by atoms with Gasteiger partial charge in [0, 0.05) is 66.2 Å². The molecule has 0 amide bonds. The maximum Gasteiger partial charge on any atom is 0.143 e. The Kier molecular flexibility index (Phi) is 3.26. The van der Waals surface area contributed by atoms with E-state index in [0.717, 1.165) is 71.6 Å². The van der Waals surface area contributed by atoms with E-state index < -0.39 is 232 Å². The third kappa shape index (κ3) is 4.94. The SMILES string of the molecule is [2H]c1cc2c([2H])c([2H])c(-c3cc([2H])c(N(c4cc([2H])c5c(c4)C(C([2H])([2H])[2H])(C([2H])([2H])[2H])c4cc([2H])c([2H])c([2H])c4-5)c4cc([2H])c5c(c4)C(C([2H])([2H])[2H])(C([2H])([2H])[2H])c4cc([2H])c([2H])c([2H])c4-5)c([2H])c3[2H])c(-c3cc([2H])c([2H])c4c3oc3cc([2H])c([2H])c([2H])c34)c2cc1[2H]. The Hall–Kier alpha value is -7.16. The predicted molar refractivity (Wildman–Crippen MR) is 252 cm³/mol. The summed E-state index contributed by atoms with van der Waals surface area (Å²) < 4.78 is 297. The first kappa shape index (κ1) is 15.5. The largest absolute Gasteiger partial charge is 0.455 e. The van der Waals surface area contributed by atoms with Gasteiger partial charge in [-0.15, -0.1) is 0 Å². The molecule has 0 aliphatic heterocycles. The lowest BCUT2D eigenvalue weighted by Crippen LogP contribution is -2.18. The van der Waals surface area contributed by atoms with Crippen LogP contribution in [-0.4, -0.2) is 0 Å². The molecule has 2 nitrogen and oxygen atoms in total. The van der Waals surface area contributed by atoms with Gasteiger partial charge in [-0.2, -0.15) is 0 Å². The fourth-order valence-corrected chi connectivity index (χ4v) is 8.32. The van der Waals surface area contributed by atoms with Crippen LogP contribution in [-0.2, 0) is 10.8 Å². The number of hydrogen-bond donors (Lipinski definition) is 0. The highest BCUT2D eigenvalue weighted by atomic mass is 16.3. The van der Waals surface area contributed by atoms with Crippen LogP contribution in [0.25, 0.3) is 77.2 Å². The minimum Gasteiger partial charge on any atom is -0.455 e. The maximum absolute atomic E-state index is 10.1. The summed E-state index contributed by atoms with van der Waals surface area (Å²) in [5, 5.41) is -0.643. The summed E-state index contributed by atoms with van der Waals surface area (Å²) >= 11 is 0. The van der Waals surface area contributed by atoms with Crippen LogP contribution in [0.15, 0.2) is 192 Å². The molecule has 60 heavy (non-hydrogen) atoms. The molecule has 0 atom stereocenters. The predicted octanol–water partition coefficient (Wildman–Crippen LogP) is 16.2. The second-order valence-corrected chi connectivity index (χ2v) is 14.4. The Morgan fingerprint density at radius 2 is 1.07 bits per heavy atom. The number of anilines is 3. The van der Waals surface area contributed by atoms with Crippen molar-refractivity contribution >= 4 is 49.8 Å². The lowest BCUT2D eigenvalue weighted by atomic mass is 9.82. The Morgan fingerprint density at radius 3 is 1.78 bits per heavy atom. The Morgan fingerprint density at radius 1 is 0.433 bits per heavy atom. The maximum atomic E-state index is 10.1. The van der Waals surface area contributed by atoms with Gasteiger partial charge in [0.1, 0.15) is 11.2 Å². The van der Waals surface area contributed by atoms with Crippen molar-refractivity contribution in [2.24, 2.45) is 0 Å². The molecular weight excluding hydrogens is 727 g/mol. The van der Waals surface area contributed by atoms with Gasteiger partial charge < -0.3 is 9.32 Å². The molecule has 10 aromatic rings. The molecule has 286 valence electrons. The van der Waals surface area contributed by atoms with Gasteiger partial charge in [-0.05, 0) is 109 Å². The van der Waals surface area contributed by atoms with Crippen LogP contribution in [0.3, 0.4) is 0 Å². The third-order valence-electron chi connectivity index (χ3n) is 11.1. The van der Waals surface area contributed by atoms with Crippen LogP contribution in [0, 0.1) is 0 Å². The minimum atomic E-state index is -3.69. The summed E-state index contributed by atoms with van der Waals surface area (Å²) in [6, 6.07) is -3.57. The summed E-state index contributed by atoms with van der Waals surface area (Å²) in [7, 11) is 0. The number of furan rings is 1. The van der Waals surface area contributed by atoms with Gasteiger partial charge in [0.15, 0.2) is 0 Å². The summed E-state index contributed by atoms with van der Waals surface area (Å²) in [5.74, 6) is 0. The van der Waals surface area contributed by atoms with Crippen LogP contribution < -0.4 is 4.90 Å². The zero-order valence-corrected chi connectivity index (χ0v) is 30.7. The molecule has 0 radical (unpaired) electrons. The van der Waals surface area contributed by atoms with E-state index in [-0.39, 0.29) is 43.8 Å². The molecule has 0 fully saturated rings. The van der Waals surface area contributed by atoms with Gasteiger partial charge in [0.2, 0.25) is 0 Å². The molecule has 2 aliphatic carbocycles. The number of nitrogens with zero attached hydrogens (tertiary/aromatic N) is 1. The Bertz CT molecular complexity index is 4830. The molecule has 0 saturated carbocycles. The molecule has 0 unspecified atom stereocenters. The number of fused-ring (bicyclic) bond motifs is 10. The van der Waals surface area contributed by atoms with Gasteiger partial charge in [0.25, 0.3) is 0 Å². The van der Waals surface area contributed by atoms with E-state index in [1.54, 1.807) is 0 Å². The smallest absolute Gasteiger partial charge is 0.143 e. The summed E-state index contributed by atoms with van der Waals surface area (Å²) in [6.07, 6.45) is 0. The molecule has 0 spiro atoms. The topological polar surface area (TPSA) is 16.4 Å². The van der Waals surface area contributed by atoms with Crippen molar-refractivity contribution in [1.82, 2.24) is 0 Å². The zero-order valence-electron chi connectivity index (χ0n) is 62.7. The van der Waals surface area contributed by atoms with E-state index in [1.165, 1.54) is 0 Å². The van der Waals surface area contributed by atoms with Crippen LogP contribution in [0.4, 0.5) is 17.1 Å². The van der Waals surface area contributed by atoms with Gasteiger partial charge >= 0.3 is 0 Å². The van der Waals surface area contributed by atoms with Crippen LogP contribution in [0.5, 0.6) is 0 Å². The van der Waals surface area contributed by atoms with E-state index in [9.17, 15) is 9.60 Å². The van der Waals surface area contributed by atoms with Crippen molar-refractivity contribution < 1.29 is 48.3 Å². The van der Waals surface area contributed by atoms with E-state index in [0.29, 0.717) is 0 Å². The highest BCUT2D eigenvalue weighted by Gasteiger charge is 2.37. The van der Waals surface area contributed by atoms with E-state index >= 15 is 0 Å². The Balaban J connectivity index is 1.24. The molecule has 0 saturated heterocycles. The molecule has 2 heteroatoms. The van der Waals surface area contributed by atoms with Crippen molar-refractivity contribution in [3.05, 3.63) is 210 Å². The van der Waals surface area contributed by atoms with Crippen molar-refractivity contribution in [3.63, 3.8) is 0 Å². The summed E-state index contributed by atoms with van der Waals surface area (Å²) in [4.78, 5) is 0.807. The molecule has 1 heterocycles.